The summed E-state index contributed by atoms with van der Waals surface area (Å²) in [6.07, 6.45) is 3.78. The molecule has 26 heavy (non-hydrogen) atoms. The van der Waals surface area contributed by atoms with Gasteiger partial charge in [-0.2, -0.15) is 4.31 Å². The zero-order valence-electron chi connectivity index (χ0n) is 14.4. The zero-order chi connectivity index (χ0) is 18.7. The van der Waals surface area contributed by atoms with Gasteiger partial charge in [-0.15, -0.1) is 0 Å². The molecule has 0 aliphatic carbocycles. The number of amides is 1. The van der Waals surface area contributed by atoms with Crippen molar-refractivity contribution in [3.05, 3.63) is 36.7 Å². The van der Waals surface area contributed by atoms with Crippen LogP contribution in [0.5, 0.6) is 0 Å². The Labute approximate surface area is 152 Å². The summed E-state index contributed by atoms with van der Waals surface area (Å²) in [5.74, 6) is -0.233. The van der Waals surface area contributed by atoms with Gasteiger partial charge in [-0.25, -0.2) is 8.42 Å². The average molecular weight is 377 g/mol. The summed E-state index contributed by atoms with van der Waals surface area (Å²) >= 11 is 0. The first-order valence-electron chi connectivity index (χ1n) is 8.52. The topological polar surface area (TPSA) is 123 Å². The number of fused-ring (bicyclic) bond motifs is 1. The van der Waals surface area contributed by atoms with Crippen molar-refractivity contribution < 1.29 is 13.2 Å². The lowest BCUT2D eigenvalue weighted by Crippen LogP contribution is -2.48. The number of hydrogen-bond acceptors (Lipinski definition) is 6. The van der Waals surface area contributed by atoms with Gasteiger partial charge in [0, 0.05) is 55.9 Å². The third-order valence-corrected chi connectivity index (χ3v) is 6.55. The molecule has 0 unspecified atom stereocenters. The Kier molecular flexibility index (Phi) is 5.52. The minimum atomic E-state index is -3.68. The fraction of sp³-hybridized carbons (Fsp3) is 0.412. The number of sulfonamides is 1. The van der Waals surface area contributed by atoms with Crippen LogP contribution in [0, 0.1) is 0 Å². The van der Waals surface area contributed by atoms with Crippen LogP contribution in [0.15, 0.2) is 41.6 Å². The molecule has 1 aromatic carbocycles. The molecule has 0 radical (unpaired) electrons. The van der Waals surface area contributed by atoms with E-state index in [-0.39, 0.29) is 23.9 Å². The maximum absolute atomic E-state index is 13.2. The van der Waals surface area contributed by atoms with Crippen LogP contribution in [0.4, 0.5) is 0 Å². The first kappa shape index (κ1) is 18.7. The summed E-state index contributed by atoms with van der Waals surface area (Å²) in [5, 5.41) is 1.42. The Hall–Kier alpha value is -2.07. The van der Waals surface area contributed by atoms with Gasteiger partial charge in [0.15, 0.2) is 0 Å². The summed E-state index contributed by atoms with van der Waals surface area (Å²) in [6, 6.07) is 6.11. The van der Waals surface area contributed by atoms with Crippen LogP contribution in [0.3, 0.4) is 0 Å². The maximum Gasteiger partial charge on any atom is 0.243 e. The monoisotopic (exact) mass is 377 g/mol. The van der Waals surface area contributed by atoms with Crippen LogP contribution in [0.2, 0.25) is 0 Å². The Morgan fingerprint density at radius 1 is 1.19 bits per heavy atom. The highest BCUT2D eigenvalue weighted by Crippen LogP contribution is 2.25. The van der Waals surface area contributed by atoms with Gasteiger partial charge in [-0.05, 0) is 18.6 Å². The van der Waals surface area contributed by atoms with E-state index >= 15 is 0 Å². The lowest BCUT2D eigenvalue weighted by molar-refractivity contribution is -0.132. The molecule has 1 fully saturated rings. The SMILES string of the molecule is NC[C@@H](N)C(=O)N1CCCN(S(=O)(=O)c2cccc3cnccc23)CC1. The van der Waals surface area contributed by atoms with E-state index in [2.05, 4.69) is 4.98 Å². The Bertz CT molecular complexity index is 897. The van der Waals surface area contributed by atoms with E-state index in [9.17, 15) is 13.2 Å². The third kappa shape index (κ3) is 3.56. The van der Waals surface area contributed by atoms with Crippen molar-refractivity contribution >= 4 is 26.7 Å². The summed E-state index contributed by atoms with van der Waals surface area (Å²) in [4.78, 5) is 18.1. The molecule has 140 valence electrons. The highest BCUT2D eigenvalue weighted by molar-refractivity contribution is 7.89. The molecule has 1 amide bonds. The minimum Gasteiger partial charge on any atom is -0.340 e. The predicted molar refractivity (Wildman–Crippen MR) is 98.7 cm³/mol. The molecule has 1 atom stereocenters. The first-order valence-corrected chi connectivity index (χ1v) is 9.96. The minimum absolute atomic E-state index is 0.0708. The van der Waals surface area contributed by atoms with Crippen molar-refractivity contribution in [3.8, 4) is 0 Å². The second-order valence-electron chi connectivity index (χ2n) is 6.28. The Morgan fingerprint density at radius 3 is 2.77 bits per heavy atom. The van der Waals surface area contributed by atoms with Crippen molar-refractivity contribution in [2.75, 3.05) is 32.7 Å². The zero-order valence-corrected chi connectivity index (χ0v) is 15.2. The summed E-state index contributed by atoms with van der Waals surface area (Å²) in [7, 11) is -3.68. The highest BCUT2D eigenvalue weighted by Gasteiger charge is 2.30. The largest absolute Gasteiger partial charge is 0.340 e. The van der Waals surface area contributed by atoms with Crippen molar-refractivity contribution in [1.29, 1.82) is 0 Å². The van der Waals surface area contributed by atoms with Crippen molar-refractivity contribution in [1.82, 2.24) is 14.2 Å². The Morgan fingerprint density at radius 2 is 2.00 bits per heavy atom. The van der Waals surface area contributed by atoms with E-state index in [1.807, 2.05) is 6.07 Å². The van der Waals surface area contributed by atoms with Gasteiger partial charge in [0.2, 0.25) is 15.9 Å². The van der Waals surface area contributed by atoms with E-state index in [1.54, 1.807) is 35.5 Å². The van der Waals surface area contributed by atoms with E-state index in [0.717, 1.165) is 5.39 Å². The molecule has 2 aromatic rings. The van der Waals surface area contributed by atoms with Gasteiger partial charge in [0.1, 0.15) is 0 Å². The van der Waals surface area contributed by atoms with Gasteiger partial charge in [0.25, 0.3) is 0 Å². The van der Waals surface area contributed by atoms with Gasteiger partial charge in [-0.3, -0.25) is 9.78 Å². The highest BCUT2D eigenvalue weighted by atomic mass is 32.2. The molecule has 1 aliphatic heterocycles. The van der Waals surface area contributed by atoms with Crippen LogP contribution in [0.1, 0.15) is 6.42 Å². The molecule has 1 saturated heterocycles. The van der Waals surface area contributed by atoms with Crippen LogP contribution in [-0.2, 0) is 14.8 Å². The second kappa shape index (κ2) is 7.67. The normalized spacial score (nSPS) is 17.8. The molecule has 8 nitrogen and oxygen atoms in total. The van der Waals surface area contributed by atoms with E-state index in [4.69, 9.17) is 11.5 Å². The van der Waals surface area contributed by atoms with E-state index < -0.39 is 16.1 Å². The predicted octanol–water partition coefficient (Wildman–Crippen LogP) is -0.256. The molecule has 0 spiro atoms. The number of pyridine rings is 1. The quantitative estimate of drug-likeness (QED) is 0.757. The van der Waals surface area contributed by atoms with Crippen LogP contribution >= 0.6 is 0 Å². The van der Waals surface area contributed by atoms with Crippen LogP contribution < -0.4 is 11.5 Å². The first-order chi connectivity index (χ1) is 12.4. The number of carbonyl (C=O) groups excluding carboxylic acids is 1. The Balaban J connectivity index is 1.85. The van der Waals surface area contributed by atoms with E-state index in [1.165, 1.54) is 4.31 Å². The molecular weight excluding hydrogens is 354 g/mol. The molecule has 2 heterocycles. The van der Waals surface area contributed by atoms with Gasteiger partial charge < -0.3 is 16.4 Å². The molecule has 0 bridgehead atoms. The second-order valence-corrected chi connectivity index (χ2v) is 8.18. The van der Waals surface area contributed by atoms with E-state index in [0.29, 0.717) is 31.4 Å². The van der Waals surface area contributed by atoms with Gasteiger partial charge in [0.05, 0.1) is 10.9 Å². The number of aromatic nitrogens is 1. The third-order valence-electron chi connectivity index (χ3n) is 4.60. The molecule has 1 aromatic heterocycles. The molecule has 9 heteroatoms. The lowest BCUT2D eigenvalue weighted by atomic mass is 10.2. The summed E-state index contributed by atoms with van der Waals surface area (Å²) < 4.78 is 27.8. The molecule has 3 rings (SSSR count). The standard InChI is InChI=1S/C17H23N5O3S/c18-11-15(19)17(23)21-7-2-8-22(10-9-21)26(24,25)16-4-1-3-13-12-20-6-5-14(13)16/h1,3-6,12,15H,2,7-11,18-19H2/t15-/m1/s1. The molecule has 4 N–H and O–H groups in total. The van der Waals surface area contributed by atoms with Gasteiger partial charge >= 0.3 is 0 Å². The summed E-state index contributed by atoms with van der Waals surface area (Å²) in [5.41, 5.74) is 11.2. The molecular formula is C17H23N5O3S. The van der Waals surface area contributed by atoms with Crippen LogP contribution in [-0.4, -0.2) is 67.3 Å². The number of hydrogen-bond donors (Lipinski definition) is 2. The summed E-state index contributed by atoms with van der Waals surface area (Å²) in [6.45, 7) is 1.43. The van der Waals surface area contributed by atoms with Crippen LogP contribution in [0.25, 0.3) is 10.8 Å². The number of benzene rings is 1. The van der Waals surface area contributed by atoms with Crippen molar-refractivity contribution in [3.63, 3.8) is 0 Å². The maximum atomic E-state index is 13.2. The molecule has 0 saturated carbocycles. The number of nitrogens with zero attached hydrogens (tertiary/aromatic N) is 3. The average Bonchev–Trinajstić information content (AvgIpc) is 2.93. The van der Waals surface area contributed by atoms with Gasteiger partial charge in [-0.1, -0.05) is 12.1 Å². The number of nitrogens with two attached hydrogens (primary N) is 2. The number of carbonyl (C=O) groups is 1. The molecule has 1 aliphatic rings. The smallest absolute Gasteiger partial charge is 0.243 e. The lowest BCUT2D eigenvalue weighted by Gasteiger charge is -2.24. The fourth-order valence-electron chi connectivity index (χ4n) is 3.15. The fourth-order valence-corrected chi connectivity index (χ4v) is 4.83. The van der Waals surface area contributed by atoms with Crippen molar-refractivity contribution in [2.45, 2.75) is 17.4 Å². The number of rotatable bonds is 4. The van der Waals surface area contributed by atoms with Crippen molar-refractivity contribution in [2.24, 2.45) is 11.5 Å².